The number of amides is 1. The van der Waals surface area contributed by atoms with Gasteiger partial charge in [-0.15, -0.1) is 12.4 Å². The summed E-state index contributed by atoms with van der Waals surface area (Å²) < 4.78 is 11.4. The molecule has 3 N–H and O–H groups in total. The van der Waals surface area contributed by atoms with Gasteiger partial charge in [-0.3, -0.25) is 4.79 Å². The molecule has 1 aromatic carbocycles. The summed E-state index contributed by atoms with van der Waals surface area (Å²) in [5.74, 6) is 0.771. The van der Waals surface area contributed by atoms with Gasteiger partial charge >= 0.3 is 0 Å². The molecule has 0 aliphatic carbocycles. The summed E-state index contributed by atoms with van der Waals surface area (Å²) in [6.07, 6.45) is 2.18. The van der Waals surface area contributed by atoms with Gasteiger partial charge in [-0.1, -0.05) is 19.1 Å². The Kier molecular flexibility index (Phi) is 8.37. The smallest absolute Gasteiger partial charge is 0.249 e. The SMILES string of the molecule is CCCOc1cc(C)ccc1CNC(=O)[C@@H]1CC[C@H](CN)O1.Cl. The predicted molar refractivity (Wildman–Crippen MR) is 93.0 cm³/mol. The zero-order valence-corrected chi connectivity index (χ0v) is 14.7. The Morgan fingerprint density at radius 1 is 1.43 bits per heavy atom. The molecule has 1 heterocycles. The third-order valence-corrected chi connectivity index (χ3v) is 3.80. The number of nitrogens with two attached hydrogens (primary N) is 1. The molecule has 0 unspecified atom stereocenters. The van der Waals surface area contributed by atoms with Gasteiger partial charge in [0.15, 0.2) is 0 Å². The highest BCUT2D eigenvalue weighted by molar-refractivity contribution is 5.85. The maximum Gasteiger partial charge on any atom is 0.249 e. The predicted octanol–water partition coefficient (Wildman–Crippen LogP) is 2.33. The van der Waals surface area contributed by atoms with Crippen molar-refractivity contribution in [1.82, 2.24) is 5.32 Å². The fraction of sp³-hybridized carbons (Fsp3) is 0.588. The Balaban J connectivity index is 0.00000264. The van der Waals surface area contributed by atoms with Crippen LogP contribution in [0.15, 0.2) is 18.2 Å². The van der Waals surface area contributed by atoms with E-state index in [9.17, 15) is 4.79 Å². The van der Waals surface area contributed by atoms with Crippen LogP contribution in [0.1, 0.15) is 37.3 Å². The summed E-state index contributed by atoms with van der Waals surface area (Å²) in [7, 11) is 0. The van der Waals surface area contributed by atoms with E-state index in [1.807, 2.05) is 25.1 Å². The molecule has 1 aliphatic heterocycles. The molecule has 5 nitrogen and oxygen atoms in total. The second-order valence-electron chi connectivity index (χ2n) is 5.74. The van der Waals surface area contributed by atoms with E-state index >= 15 is 0 Å². The van der Waals surface area contributed by atoms with Crippen molar-refractivity contribution in [3.8, 4) is 5.75 Å². The Morgan fingerprint density at radius 3 is 2.87 bits per heavy atom. The summed E-state index contributed by atoms with van der Waals surface area (Å²) in [6.45, 7) is 5.69. The molecule has 1 aliphatic rings. The fourth-order valence-electron chi connectivity index (χ4n) is 2.52. The van der Waals surface area contributed by atoms with Gasteiger partial charge in [0.1, 0.15) is 11.9 Å². The number of aryl methyl sites for hydroxylation is 1. The van der Waals surface area contributed by atoms with Crippen LogP contribution in [0.3, 0.4) is 0 Å². The molecule has 0 radical (unpaired) electrons. The lowest BCUT2D eigenvalue weighted by atomic mass is 10.1. The molecule has 2 atom stereocenters. The van der Waals surface area contributed by atoms with Crippen LogP contribution < -0.4 is 15.8 Å². The fourth-order valence-corrected chi connectivity index (χ4v) is 2.52. The van der Waals surface area contributed by atoms with E-state index in [4.69, 9.17) is 15.2 Å². The van der Waals surface area contributed by atoms with E-state index in [1.54, 1.807) is 0 Å². The molecule has 0 spiro atoms. The standard InChI is InChI=1S/C17H26N2O3.ClH/c1-3-8-21-16-9-12(2)4-5-13(16)11-19-17(20)15-7-6-14(10-18)22-15;/h4-5,9,14-15H,3,6-8,10-11,18H2,1-2H3,(H,19,20);1H/t14-,15+;/m1./s1. The number of ether oxygens (including phenoxy) is 2. The maximum atomic E-state index is 12.2. The van der Waals surface area contributed by atoms with E-state index < -0.39 is 0 Å². The van der Waals surface area contributed by atoms with Crippen molar-refractivity contribution in [3.63, 3.8) is 0 Å². The first-order valence-electron chi connectivity index (χ1n) is 7.99. The zero-order valence-electron chi connectivity index (χ0n) is 13.8. The highest BCUT2D eigenvalue weighted by Gasteiger charge is 2.29. The van der Waals surface area contributed by atoms with Gasteiger partial charge in [0.05, 0.1) is 12.7 Å². The molecule has 6 heteroatoms. The monoisotopic (exact) mass is 342 g/mol. The highest BCUT2D eigenvalue weighted by atomic mass is 35.5. The molecule has 130 valence electrons. The van der Waals surface area contributed by atoms with Crippen molar-refractivity contribution < 1.29 is 14.3 Å². The average Bonchev–Trinajstić information content (AvgIpc) is 3.00. The van der Waals surface area contributed by atoms with Crippen LogP contribution >= 0.6 is 12.4 Å². The molecule has 1 fully saturated rings. The summed E-state index contributed by atoms with van der Waals surface area (Å²) in [5.41, 5.74) is 7.70. The van der Waals surface area contributed by atoms with Crippen LogP contribution in [0.4, 0.5) is 0 Å². The van der Waals surface area contributed by atoms with Crippen molar-refractivity contribution >= 4 is 18.3 Å². The summed E-state index contributed by atoms with van der Waals surface area (Å²) in [5, 5.41) is 2.94. The quantitative estimate of drug-likeness (QED) is 0.797. The second-order valence-corrected chi connectivity index (χ2v) is 5.74. The third-order valence-electron chi connectivity index (χ3n) is 3.80. The minimum Gasteiger partial charge on any atom is -0.493 e. The number of benzene rings is 1. The highest BCUT2D eigenvalue weighted by Crippen LogP contribution is 2.22. The normalized spacial score (nSPS) is 20.0. The van der Waals surface area contributed by atoms with Gasteiger partial charge in [0, 0.05) is 18.7 Å². The Morgan fingerprint density at radius 2 is 2.22 bits per heavy atom. The van der Waals surface area contributed by atoms with Crippen molar-refractivity contribution in [2.45, 2.75) is 51.9 Å². The number of carbonyl (C=O) groups is 1. The molecular weight excluding hydrogens is 316 g/mol. The number of hydrogen-bond acceptors (Lipinski definition) is 4. The molecule has 0 aromatic heterocycles. The van der Waals surface area contributed by atoms with Gasteiger partial charge in [0.25, 0.3) is 0 Å². The van der Waals surface area contributed by atoms with E-state index in [-0.39, 0.29) is 30.5 Å². The molecule has 0 bridgehead atoms. The van der Waals surface area contributed by atoms with Crippen LogP contribution in [0, 0.1) is 6.92 Å². The van der Waals surface area contributed by atoms with E-state index in [1.165, 1.54) is 0 Å². The first-order valence-corrected chi connectivity index (χ1v) is 7.99. The third kappa shape index (κ3) is 5.68. The maximum absolute atomic E-state index is 12.2. The van der Waals surface area contributed by atoms with Gasteiger partial charge < -0.3 is 20.5 Å². The molecule has 23 heavy (non-hydrogen) atoms. The lowest BCUT2D eigenvalue weighted by Crippen LogP contribution is -2.35. The zero-order chi connectivity index (χ0) is 15.9. The summed E-state index contributed by atoms with van der Waals surface area (Å²) in [6, 6.07) is 6.03. The molecule has 0 saturated carbocycles. The number of halogens is 1. The first kappa shape index (κ1) is 19.7. The number of nitrogens with one attached hydrogen (secondary N) is 1. The van der Waals surface area contributed by atoms with Crippen molar-refractivity contribution in [2.24, 2.45) is 5.73 Å². The van der Waals surface area contributed by atoms with Crippen molar-refractivity contribution in [2.75, 3.05) is 13.2 Å². The minimum atomic E-state index is -0.376. The van der Waals surface area contributed by atoms with Gasteiger partial charge in [-0.25, -0.2) is 0 Å². The van der Waals surface area contributed by atoms with Gasteiger partial charge in [-0.05, 0) is 37.8 Å². The summed E-state index contributed by atoms with van der Waals surface area (Å²) >= 11 is 0. The van der Waals surface area contributed by atoms with Crippen molar-refractivity contribution in [1.29, 1.82) is 0 Å². The second kappa shape index (κ2) is 9.75. The van der Waals surface area contributed by atoms with E-state index in [0.29, 0.717) is 19.7 Å². The Hall–Kier alpha value is -1.30. The van der Waals surface area contributed by atoms with Crippen LogP contribution in [0.2, 0.25) is 0 Å². The lowest BCUT2D eigenvalue weighted by molar-refractivity contribution is -0.132. The number of rotatable bonds is 7. The van der Waals surface area contributed by atoms with Gasteiger partial charge in [0.2, 0.25) is 5.91 Å². The minimum absolute atomic E-state index is 0. The van der Waals surface area contributed by atoms with Gasteiger partial charge in [-0.2, -0.15) is 0 Å². The van der Waals surface area contributed by atoms with Crippen molar-refractivity contribution in [3.05, 3.63) is 29.3 Å². The Labute approximate surface area is 144 Å². The Bertz CT molecular complexity index is 511. The largest absolute Gasteiger partial charge is 0.493 e. The molecule has 2 rings (SSSR count). The topological polar surface area (TPSA) is 73.6 Å². The number of carbonyl (C=O) groups excluding carboxylic acids is 1. The number of hydrogen-bond donors (Lipinski definition) is 2. The van der Waals surface area contributed by atoms with E-state index in [0.717, 1.165) is 36.1 Å². The average molecular weight is 343 g/mol. The molecule has 1 saturated heterocycles. The lowest BCUT2D eigenvalue weighted by Gasteiger charge is -2.15. The van der Waals surface area contributed by atoms with Crippen LogP contribution in [-0.2, 0) is 16.1 Å². The summed E-state index contributed by atoms with van der Waals surface area (Å²) in [4.78, 5) is 12.2. The van der Waals surface area contributed by atoms with Crippen LogP contribution in [-0.4, -0.2) is 31.3 Å². The van der Waals surface area contributed by atoms with E-state index in [2.05, 4.69) is 12.2 Å². The molecule has 1 amide bonds. The van der Waals surface area contributed by atoms with Crippen LogP contribution in [0.25, 0.3) is 0 Å². The van der Waals surface area contributed by atoms with Crippen LogP contribution in [0.5, 0.6) is 5.75 Å². The molecular formula is C17H27ClN2O3. The molecule has 1 aromatic rings. The first-order chi connectivity index (χ1) is 10.6.